The van der Waals surface area contributed by atoms with Gasteiger partial charge in [-0.15, -0.1) is 13.0 Å². The van der Waals surface area contributed by atoms with Gasteiger partial charge in [0.2, 0.25) is 0 Å². The Balaban J connectivity index is 2.63. The van der Waals surface area contributed by atoms with Crippen molar-refractivity contribution in [2.45, 2.75) is 6.92 Å². The van der Waals surface area contributed by atoms with Crippen LogP contribution in [0.1, 0.15) is 6.92 Å². The van der Waals surface area contributed by atoms with Crippen molar-refractivity contribution in [1.82, 2.24) is 5.32 Å². The summed E-state index contributed by atoms with van der Waals surface area (Å²) in [6.07, 6.45) is 0. The molecule has 38 valence electrons. The van der Waals surface area contributed by atoms with Crippen molar-refractivity contribution in [2.75, 3.05) is 13.6 Å². The Bertz CT molecular complexity index is 26.7. The molecule has 0 bridgehead atoms. The summed E-state index contributed by atoms with van der Waals surface area (Å²) in [5.41, 5.74) is 3.68. The molecule has 2 heteroatoms. The number of likely N-dealkylation sites (N-methyl/N-ethyl adjacent to an activating group) is 1. The largest absolute Gasteiger partial charge is 0.484 e. The number of nitrogens with one attached hydrogen (secondary N) is 1. The molecular formula is C4H12N2. The molecule has 0 amide bonds. The van der Waals surface area contributed by atoms with E-state index in [1.165, 1.54) is 6.04 Å². The van der Waals surface area contributed by atoms with Crippen LogP contribution in [0.5, 0.6) is 0 Å². The average Bonchev–Trinajstić information content (AvgIpc) is 1.35. The second kappa shape index (κ2) is 3.12. The quantitative estimate of drug-likeness (QED) is 0.417. The Hall–Kier alpha value is -0.0800. The van der Waals surface area contributed by atoms with E-state index < -0.39 is 0 Å². The van der Waals surface area contributed by atoms with Crippen LogP contribution >= 0.6 is 0 Å². The smallest absolute Gasteiger partial charge is 0.0191 e. The van der Waals surface area contributed by atoms with Gasteiger partial charge >= 0.3 is 0 Å². The minimum absolute atomic E-state index is 0.931. The van der Waals surface area contributed by atoms with Gasteiger partial charge in [0.1, 0.15) is 0 Å². The van der Waals surface area contributed by atoms with E-state index in [0.717, 1.165) is 6.54 Å². The van der Waals surface area contributed by atoms with E-state index in [1.807, 2.05) is 14.0 Å². The Morgan fingerprint density at radius 1 is 1.83 bits per heavy atom. The molecule has 0 rings (SSSR count). The molecule has 0 aliphatic rings. The zero-order chi connectivity index (χ0) is 4.99. The van der Waals surface area contributed by atoms with Gasteiger partial charge < -0.3 is 11.1 Å². The second-order valence-corrected chi connectivity index (χ2v) is 1.49. The summed E-state index contributed by atoms with van der Waals surface area (Å²) in [5.74, 6) is 0. The van der Waals surface area contributed by atoms with Crippen molar-refractivity contribution in [3.8, 4) is 0 Å². The molecule has 0 radical (unpaired) electrons. The van der Waals surface area contributed by atoms with Crippen LogP contribution in [0.2, 0.25) is 0 Å². The first-order valence-electron chi connectivity index (χ1n) is 2.06. The van der Waals surface area contributed by atoms with Crippen molar-refractivity contribution >= 4 is 0 Å². The topological polar surface area (TPSA) is 39.7 Å². The SMILES string of the molecule is CNC[C-](C)[NH3+]. The fourth-order valence-electron chi connectivity index (χ4n) is 0.302. The van der Waals surface area contributed by atoms with Crippen LogP contribution in [-0.2, 0) is 0 Å². The summed E-state index contributed by atoms with van der Waals surface area (Å²) in [6, 6.07) is 1.18. The lowest BCUT2D eigenvalue weighted by molar-refractivity contribution is -0.349. The summed E-state index contributed by atoms with van der Waals surface area (Å²) in [5, 5.41) is 2.97. The summed E-state index contributed by atoms with van der Waals surface area (Å²) >= 11 is 0. The normalized spacial score (nSPS) is 10.0. The van der Waals surface area contributed by atoms with E-state index in [1.54, 1.807) is 0 Å². The maximum atomic E-state index is 3.68. The van der Waals surface area contributed by atoms with Crippen LogP contribution < -0.4 is 11.1 Å². The Morgan fingerprint density at radius 2 is 2.33 bits per heavy atom. The highest BCUT2D eigenvalue weighted by molar-refractivity contribution is 4.65. The fourth-order valence-corrected chi connectivity index (χ4v) is 0.302. The number of hydrogen-bond donors (Lipinski definition) is 2. The van der Waals surface area contributed by atoms with Crippen LogP contribution in [0, 0.1) is 6.04 Å². The predicted octanol–water partition coefficient (Wildman–Crippen LogP) is -1.00. The summed E-state index contributed by atoms with van der Waals surface area (Å²) in [7, 11) is 1.91. The first-order valence-corrected chi connectivity index (χ1v) is 2.06. The van der Waals surface area contributed by atoms with Crippen LogP contribution in [-0.4, -0.2) is 13.6 Å². The molecule has 0 aliphatic carbocycles. The Kier molecular flexibility index (Phi) is 3.08. The third-order valence-electron chi connectivity index (χ3n) is 0.479. The van der Waals surface area contributed by atoms with Gasteiger partial charge in [0.15, 0.2) is 0 Å². The molecule has 6 heavy (non-hydrogen) atoms. The molecule has 0 unspecified atom stereocenters. The summed E-state index contributed by atoms with van der Waals surface area (Å²) in [6.45, 7) is 2.93. The van der Waals surface area contributed by atoms with Gasteiger partial charge in [0.05, 0.1) is 0 Å². The first-order chi connectivity index (χ1) is 2.77. The van der Waals surface area contributed by atoms with Crippen LogP contribution in [0.25, 0.3) is 0 Å². The molecule has 0 saturated heterocycles. The molecule has 0 aromatic heterocycles. The highest BCUT2D eigenvalue weighted by Gasteiger charge is 1.74. The van der Waals surface area contributed by atoms with Crippen molar-refractivity contribution in [2.24, 2.45) is 0 Å². The Morgan fingerprint density at radius 3 is 2.33 bits per heavy atom. The lowest BCUT2D eigenvalue weighted by Crippen LogP contribution is -2.55. The zero-order valence-corrected chi connectivity index (χ0v) is 4.41. The molecule has 4 N–H and O–H groups in total. The van der Waals surface area contributed by atoms with Gasteiger partial charge in [0.25, 0.3) is 0 Å². The minimum atomic E-state index is 0.931. The highest BCUT2D eigenvalue weighted by atomic mass is 14.8. The predicted molar refractivity (Wildman–Crippen MR) is 25.7 cm³/mol. The summed E-state index contributed by atoms with van der Waals surface area (Å²) < 4.78 is 0. The molecule has 0 atom stereocenters. The molecule has 0 aromatic rings. The standard InChI is InChI=1S/C4H12N2/c1-4(5)3-6-2/h6H,3H2,1-2,5H3. The molecule has 0 spiro atoms. The number of hydrogen-bond acceptors (Lipinski definition) is 1. The minimum Gasteiger partial charge on any atom is -0.484 e. The van der Waals surface area contributed by atoms with Crippen LogP contribution in [0.4, 0.5) is 0 Å². The van der Waals surface area contributed by atoms with E-state index >= 15 is 0 Å². The van der Waals surface area contributed by atoms with Gasteiger partial charge in [-0.2, -0.15) is 0 Å². The molecular weight excluding hydrogens is 76.1 g/mol. The molecule has 0 heterocycles. The molecule has 0 saturated carbocycles. The van der Waals surface area contributed by atoms with Gasteiger partial charge in [-0.1, -0.05) is 6.54 Å². The molecule has 2 nitrogen and oxygen atoms in total. The van der Waals surface area contributed by atoms with Gasteiger partial charge in [0, 0.05) is 0 Å². The second-order valence-electron chi connectivity index (χ2n) is 1.49. The summed E-state index contributed by atoms with van der Waals surface area (Å²) in [4.78, 5) is 0. The van der Waals surface area contributed by atoms with Crippen LogP contribution in [0.3, 0.4) is 0 Å². The molecule has 0 aliphatic heterocycles. The fraction of sp³-hybridized carbons (Fsp3) is 0.750. The lowest BCUT2D eigenvalue weighted by atomic mass is 10.4. The van der Waals surface area contributed by atoms with Crippen molar-refractivity contribution < 1.29 is 5.73 Å². The number of quaternary nitrogens is 1. The lowest BCUT2D eigenvalue weighted by Gasteiger charge is -2.08. The van der Waals surface area contributed by atoms with E-state index in [4.69, 9.17) is 0 Å². The average molecular weight is 88.2 g/mol. The Labute approximate surface area is 38.7 Å². The van der Waals surface area contributed by atoms with Gasteiger partial charge in [-0.05, 0) is 7.05 Å². The van der Waals surface area contributed by atoms with E-state index in [0.29, 0.717) is 0 Å². The monoisotopic (exact) mass is 88.1 g/mol. The van der Waals surface area contributed by atoms with E-state index in [2.05, 4.69) is 11.1 Å². The maximum absolute atomic E-state index is 3.68. The highest BCUT2D eigenvalue weighted by Crippen LogP contribution is 1.71. The number of rotatable bonds is 2. The zero-order valence-electron chi connectivity index (χ0n) is 4.41. The third-order valence-corrected chi connectivity index (χ3v) is 0.479. The molecule has 0 aromatic carbocycles. The molecule has 0 fully saturated rings. The van der Waals surface area contributed by atoms with Crippen molar-refractivity contribution in [3.05, 3.63) is 6.04 Å². The first kappa shape index (κ1) is 5.92. The van der Waals surface area contributed by atoms with E-state index in [-0.39, 0.29) is 0 Å². The van der Waals surface area contributed by atoms with Crippen LogP contribution in [0.15, 0.2) is 0 Å². The van der Waals surface area contributed by atoms with Gasteiger partial charge in [-0.3, -0.25) is 0 Å². The third kappa shape index (κ3) is 3.92. The van der Waals surface area contributed by atoms with Gasteiger partial charge in [-0.25, -0.2) is 0 Å². The van der Waals surface area contributed by atoms with Crippen molar-refractivity contribution in [3.63, 3.8) is 0 Å². The van der Waals surface area contributed by atoms with Crippen molar-refractivity contribution in [1.29, 1.82) is 0 Å². The maximum Gasteiger partial charge on any atom is -0.0191 e. The van der Waals surface area contributed by atoms with E-state index in [9.17, 15) is 0 Å².